The van der Waals surface area contributed by atoms with Crippen LogP contribution in [-0.4, -0.2) is 27.2 Å². The summed E-state index contributed by atoms with van der Waals surface area (Å²) >= 11 is 3.61. The van der Waals surface area contributed by atoms with Gasteiger partial charge in [-0.2, -0.15) is 0 Å². The second kappa shape index (κ2) is 4.76. The zero-order valence-electron chi connectivity index (χ0n) is 9.96. The lowest BCUT2D eigenvalue weighted by Gasteiger charge is -2.26. The van der Waals surface area contributed by atoms with Crippen LogP contribution in [0.3, 0.4) is 0 Å². The molecule has 1 fully saturated rings. The van der Waals surface area contributed by atoms with Crippen LogP contribution >= 0.6 is 15.9 Å². The standard InChI is InChI=1S/C13H19BrN2/c1-15-9-13(7-8-13)10-16(2)12-6-4-3-5-11(12)14/h3-6,15H,7-10H2,1-2H3. The van der Waals surface area contributed by atoms with Gasteiger partial charge < -0.3 is 10.2 Å². The van der Waals surface area contributed by atoms with E-state index in [9.17, 15) is 0 Å². The molecule has 1 saturated carbocycles. The van der Waals surface area contributed by atoms with Gasteiger partial charge in [-0.15, -0.1) is 0 Å². The van der Waals surface area contributed by atoms with Gasteiger partial charge in [-0.1, -0.05) is 12.1 Å². The van der Waals surface area contributed by atoms with Crippen LogP contribution in [0.5, 0.6) is 0 Å². The Balaban J connectivity index is 2.03. The van der Waals surface area contributed by atoms with E-state index in [1.807, 2.05) is 7.05 Å². The Kier molecular flexibility index (Phi) is 3.55. The molecule has 2 rings (SSSR count). The first kappa shape index (κ1) is 11.9. The molecule has 1 aromatic rings. The third-order valence-electron chi connectivity index (χ3n) is 3.35. The van der Waals surface area contributed by atoms with Crippen LogP contribution in [0.2, 0.25) is 0 Å². The Hall–Kier alpha value is -0.540. The van der Waals surface area contributed by atoms with Gasteiger partial charge in [0.2, 0.25) is 0 Å². The molecule has 0 heterocycles. The zero-order chi connectivity index (χ0) is 11.6. The number of anilines is 1. The lowest BCUT2D eigenvalue weighted by molar-refractivity contribution is 0.482. The van der Waals surface area contributed by atoms with Crippen molar-refractivity contribution in [3.8, 4) is 0 Å². The minimum absolute atomic E-state index is 0.513. The molecule has 16 heavy (non-hydrogen) atoms. The molecule has 0 amide bonds. The van der Waals surface area contributed by atoms with Gasteiger partial charge in [0, 0.05) is 30.0 Å². The van der Waals surface area contributed by atoms with Gasteiger partial charge in [-0.05, 0) is 48.0 Å². The fourth-order valence-corrected chi connectivity index (χ4v) is 2.88. The molecular formula is C13H19BrN2. The third-order valence-corrected chi connectivity index (χ3v) is 4.02. The Labute approximate surface area is 106 Å². The van der Waals surface area contributed by atoms with Gasteiger partial charge in [0.1, 0.15) is 0 Å². The van der Waals surface area contributed by atoms with Crippen LogP contribution in [0, 0.1) is 5.41 Å². The lowest BCUT2D eigenvalue weighted by Crippen LogP contribution is -2.32. The second-order valence-electron chi connectivity index (χ2n) is 4.84. The molecule has 0 unspecified atom stereocenters. The number of para-hydroxylation sites is 1. The van der Waals surface area contributed by atoms with E-state index in [2.05, 4.69) is 57.5 Å². The fraction of sp³-hybridized carbons (Fsp3) is 0.538. The number of halogens is 1. The number of nitrogens with zero attached hydrogens (tertiary/aromatic N) is 1. The summed E-state index contributed by atoms with van der Waals surface area (Å²) in [6, 6.07) is 8.42. The largest absolute Gasteiger partial charge is 0.373 e. The molecule has 1 aromatic carbocycles. The highest BCUT2D eigenvalue weighted by molar-refractivity contribution is 9.10. The number of benzene rings is 1. The first-order valence-corrected chi connectivity index (χ1v) is 6.56. The predicted octanol–water partition coefficient (Wildman–Crippen LogP) is 2.88. The summed E-state index contributed by atoms with van der Waals surface area (Å²) in [7, 11) is 4.22. The maximum atomic E-state index is 3.61. The highest BCUT2D eigenvalue weighted by Crippen LogP contribution is 2.46. The lowest BCUT2D eigenvalue weighted by atomic mass is 10.1. The molecule has 0 aromatic heterocycles. The quantitative estimate of drug-likeness (QED) is 0.894. The van der Waals surface area contributed by atoms with E-state index >= 15 is 0 Å². The highest BCUT2D eigenvalue weighted by atomic mass is 79.9. The van der Waals surface area contributed by atoms with Crippen LogP contribution in [0.4, 0.5) is 5.69 Å². The number of hydrogen-bond donors (Lipinski definition) is 1. The summed E-state index contributed by atoms with van der Waals surface area (Å²) in [6.45, 7) is 2.26. The maximum absolute atomic E-state index is 3.61. The van der Waals surface area contributed by atoms with Crippen molar-refractivity contribution in [1.29, 1.82) is 0 Å². The molecule has 0 radical (unpaired) electrons. The second-order valence-corrected chi connectivity index (χ2v) is 5.69. The van der Waals surface area contributed by atoms with Crippen molar-refractivity contribution in [3.63, 3.8) is 0 Å². The molecule has 0 saturated heterocycles. The fourth-order valence-electron chi connectivity index (χ4n) is 2.29. The van der Waals surface area contributed by atoms with E-state index < -0.39 is 0 Å². The third kappa shape index (κ3) is 2.58. The minimum Gasteiger partial charge on any atom is -0.373 e. The van der Waals surface area contributed by atoms with Gasteiger partial charge in [0.25, 0.3) is 0 Å². The van der Waals surface area contributed by atoms with E-state index in [4.69, 9.17) is 0 Å². The number of nitrogens with one attached hydrogen (secondary N) is 1. The molecule has 2 nitrogen and oxygen atoms in total. The molecule has 0 aliphatic heterocycles. The molecular weight excluding hydrogens is 264 g/mol. The molecule has 1 N–H and O–H groups in total. The van der Waals surface area contributed by atoms with E-state index in [0.29, 0.717) is 5.41 Å². The van der Waals surface area contributed by atoms with Gasteiger partial charge >= 0.3 is 0 Å². The van der Waals surface area contributed by atoms with E-state index in [1.165, 1.54) is 23.0 Å². The summed E-state index contributed by atoms with van der Waals surface area (Å²) in [6.07, 6.45) is 2.70. The van der Waals surface area contributed by atoms with Crippen LogP contribution in [0.25, 0.3) is 0 Å². The van der Waals surface area contributed by atoms with Crippen molar-refractivity contribution in [2.75, 3.05) is 32.1 Å². The average Bonchev–Trinajstić information content (AvgIpc) is 2.99. The summed E-state index contributed by atoms with van der Waals surface area (Å²) in [5, 5.41) is 3.30. The van der Waals surface area contributed by atoms with Gasteiger partial charge in [0.15, 0.2) is 0 Å². The van der Waals surface area contributed by atoms with Crippen molar-refractivity contribution in [1.82, 2.24) is 5.32 Å². The minimum atomic E-state index is 0.513. The maximum Gasteiger partial charge on any atom is 0.0508 e. The van der Waals surface area contributed by atoms with Crippen LogP contribution in [0.15, 0.2) is 28.7 Å². The van der Waals surface area contributed by atoms with Crippen molar-refractivity contribution in [2.24, 2.45) is 5.41 Å². The zero-order valence-corrected chi connectivity index (χ0v) is 11.5. The molecule has 3 heteroatoms. The molecule has 0 atom stereocenters. The number of rotatable bonds is 5. The van der Waals surface area contributed by atoms with Crippen molar-refractivity contribution < 1.29 is 0 Å². The Bertz CT molecular complexity index is 361. The van der Waals surface area contributed by atoms with Crippen LogP contribution in [-0.2, 0) is 0 Å². The summed E-state index contributed by atoms with van der Waals surface area (Å²) in [5.74, 6) is 0. The van der Waals surface area contributed by atoms with Crippen molar-refractivity contribution in [3.05, 3.63) is 28.7 Å². The van der Waals surface area contributed by atoms with Gasteiger partial charge in [-0.3, -0.25) is 0 Å². The first-order chi connectivity index (χ1) is 7.67. The smallest absolute Gasteiger partial charge is 0.0508 e. The SMILES string of the molecule is CNCC1(CN(C)c2ccccc2Br)CC1. The van der Waals surface area contributed by atoms with E-state index in [1.54, 1.807) is 0 Å². The summed E-state index contributed by atoms with van der Waals surface area (Å²) < 4.78 is 1.18. The normalized spacial score (nSPS) is 17.2. The molecule has 1 aliphatic carbocycles. The van der Waals surface area contributed by atoms with Crippen molar-refractivity contribution >= 4 is 21.6 Å². The Morgan fingerprint density at radius 1 is 1.38 bits per heavy atom. The first-order valence-electron chi connectivity index (χ1n) is 5.77. The van der Waals surface area contributed by atoms with Gasteiger partial charge in [-0.25, -0.2) is 0 Å². The Morgan fingerprint density at radius 3 is 2.62 bits per heavy atom. The predicted molar refractivity (Wildman–Crippen MR) is 73.0 cm³/mol. The molecule has 1 aliphatic rings. The summed E-state index contributed by atoms with van der Waals surface area (Å²) in [4.78, 5) is 2.36. The van der Waals surface area contributed by atoms with Crippen LogP contribution in [0.1, 0.15) is 12.8 Å². The molecule has 0 bridgehead atoms. The van der Waals surface area contributed by atoms with Gasteiger partial charge in [0.05, 0.1) is 5.69 Å². The molecule has 0 spiro atoms. The van der Waals surface area contributed by atoms with E-state index in [0.717, 1.165) is 13.1 Å². The van der Waals surface area contributed by atoms with Crippen molar-refractivity contribution in [2.45, 2.75) is 12.8 Å². The highest BCUT2D eigenvalue weighted by Gasteiger charge is 2.42. The topological polar surface area (TPSA) is 15.3 Å². The summed E-state index contributed by atoms with van der Waals surface area (Å²) in [5.41, 5.74) is 1.79. The Morgan fingerprint density at radius 2 is 2.06 bits per heavy atom. The monoisotopic (exact) mass is 282 g/mol. The van der Waals surface area contributed by atoms with Crippen LogP contribution < -0.4 is 10.2 Å². The molecule has 88 valence electrons. The van der Waals surface area contributed by atoms with E-state index in [-0.39, 0.29) is 0 Å². The average molecular weight is 283 g/mol. The number of hydrogen-bond acceptors (Lipinski definition) is 2.